The molecule has 0 fully saturated rings. The third kappa shape index (κ3) is 2.68. The molecule has 0 radical (unpaired) electrons. The number of aryl methyl sites for hydroxylation is 1. The predicted molar refractivity (Wildman–Crippen MR) is 72.9 cm³/mol. The van der Waals surface area contributed by atoms with Crippen molar-refractivity contribution in [3.63, 3.8) is 0 Å². The van der Waals surface area contributed by atoms with Crippen molar-refractivity contribution >= 4 is 15.7 Å². The van der Waals surface area contributed by atoms with E-state index in [4.69, 9.17) is 10.2 Å². The van der Waals surface area contributed by atoms with E-state index in [0.29, 0.717) is 5.76 Å². The van der Waals surface area contributed by atoms with Crippen LogP contribution < -0.4 is 5.73 Å². The largest absolute Gasteiger partial charge is 0.469 e. The highest BCUT2D eigenvalue weighted by molar-refractivity contribution is 7.89. The van der Waals surface area contributed by atoms with Crippen LogP contribution in [0.4, 0.5) is 10.1 Å². The lowest BCUT2D eigenvalue weighted by molar-refractivity contribution is 0.458. The van der Waals surface area contributed by atoms with E-state index < -0.39 is 15.8 Å². The van der Waals surface area contributed by atoms with Crippen LogP contribution in [0.3, 0.4) is 0 Å². The highest BCUT2D eigenvalue weighted by atomic mass is 32.2. The fourth-order valence-corrected chi connectivity index (χ4v) is 3.07. The van der Waals surface area contributed by atoms with Crippen LogP contribution in [0.2, 0.25) is 0 Å². The van der Waals surface area contributed by atoms with Gasteiger partial charge in [0.25, 0.3) is 0 Å². The monoisotopic (exact) mass is 298 g/mol. The number of anilines is 1. The summed E-state index contributed by atoms with van der Waals surface area (Å²) >= 11 is 0. The lowest BCUT2D eigenvalue weighted by Gasteiger charge is -2.18. The van der Waals surface area contributed by atoms with Crippen LogP contribution in [0.15, 0.2) is 39.8 Å². The minimum atomic E-state index is -3.86. The average Bonchev–Trinajstić information content (AvgIpc) is 2.78. The minimum absolute atomic E-state index is 0.0159. The first kappa shape index (κ1) is 14.5. The summed E-state index contributed by atoms with van der Waals surface area (Å²) in [5, 5.41) is 0. The van der Waals surface area contributed by atoms with E-state index in [1.54, 1.807) is 13.0 Å². The van der Waals surface area contributed by atoms with Gasteiger partial charge in [-0.2, -0.15) is 4.31 Å². The topological polar surface area (TPSA) is 76.5 Å². The van der Waals surface area contributed by atoms with Crippen molar-refractivity contribution in [2.45, 2.75) is 18.4 Å². The maximum Gasteiger partial charge on any atom is 0.245 e. The van der Waals surface area contributed by atoms with E-state index in [0.717, 1.165) is 22.0 Å². The Balaban J connectivity index is 2.35. The van der Waals surface area contributed by atoms with E-state index in [9.17, 15) is 12.8 Å². The van der Waals surface area contributed by atoms with E-state index in [-0.39, 0.29) is 17.1 Å². The highest BCUT2D eigenvalue weighted by Crippen LogP contribution is 2.24. The molecule has 0 saturated heterocycles. The Hall–Kier alpha value is -1.86. The summed E-state index contributed by atoms with van der Waals surface area (Å²) in [5.74, 6) is -0.00932. The number of sulfonamides is 1. The van der Waals surface area contributed by atoms with Crippen LogP contribution in [0.5, 0.6) is 0 Å². The summed E-state index contributed by atoms with van der Waals surface area (Å²) in [4.78, 5) is -0.235. The summed E-state index contributed by atoms with van der Waals surface area (Å²) < 4.78 is 44.2. The molecule has 20 heavy (non-hydrogen) atoms. The van der Waals surface area contributed by atoms with Gasteiger partial charge in [-0.25, -0.2) is 12.8 Å². The van der Waals surface area contributed by atoms with Gasteiger partial charge in [0.15, 0.2) is 0 Å². The fourth-order valence-electron chi connectivity index (χ4n) is 1.80. The number of rotatable bonds is 4. The zero-order valence-corrected chi connectivity index (χ0v) is 11.9. The fraction of sp³-hybridized carbons (Fsp3) is 0.231. The summed E-state index contributed by atoms with van der Waals surface area (Å²) in [7, 11) is -2.45. The number of hydrogen-bond acceptors (Lipinski definition) is 4. The molecule has 0 bridgehead atoms. The van der Waals surface area contributed by atoms with Gasteiger partial charge in [-0.1, -0.05) is 0 Å². The molecule has 1 aromatic heterocycles. The maximum absolute atomic E-state index is 13.2. The number of benzene rings is 1. The summed E-state index contributed by atoms with van der Waals surface area (Å²) in [5.41, 5.74) is 6.38. The molecule has 0 spiro atoms. The SMILES string of the molecule is Cc1occc1CN(C)S(=O)(=O)c1cc(F)ccc1N. The van der Waals surface area contributed by atoms with Crippen molar-refractivity contribution < 1.29 is 17.2 Å². The zero-order chi connectivity index (χ0) is 14.9. The molecule has 0 saturated carbocycles. The molecular formula is C13H15FN2O3S. The number of nitrogen functional groups attached to an aromatic ring is 1. The summed E-state index contributed by atoms with van der Waals surface area (Å²) in [6, 6.07) is 4.97. The van der Waals surface area contributed by atoms with Crippen LogP contribution in [-0.2, 0) is 16.6 Å². The van der Waals surface area contributed by atoms with Gasteiger partial charge in [0.2, 0.25) is 10.0 Å². The van der Waals surface area contributed by atoms with E-state index in [1.165, 1.54) is 19.4 Å². The summed E-state index contributed by atoms with van der Waals surface area (Å²) in [6.07, 6.45) is 1.49. The van der Waals surface area contributed by atoms with Crippen LogP contribution >= 0.6 is 0 Å². The van der Waals surface area contributed by atoms with E-state index >= 15 is 0 Å². The molecule has 2 aromatic rings. The van der Waals surface area contributed by atoms with Crippen molar-refractivity contribution in [3.05, 3.63) is 47.7 Å². The van der Waals surface area contributed by atoms with Gasteiger partial charge in [0.1, 0.15) is 16.5 Å². The van der Waals surface area contributed by atoms with Crippen molar-refractivity contribution in [2.75, 3.05) is 12.8 Å². The van der Waals surface area contributed by atoms with Crippen molar-refractivity contribution in [1.29, 1.82) is 0 Å². The molecule has 0 atom stereocenters. The second-order valence-corrected chi connectivity index (χ2v) is 6.46. The first-order chi connectivity index (χ1) is 9.32. The van der Waals surface area contributed by atoms with Gasteiger partial charge in [-0.3, -0.25) is 0 Å². The normalized spacial score (nSPS) is 12.0. The van der Waals surface area contributed by atoms with E-state index in [2.05, 4.69) is 0 Å². The number of hydrogen-bond donors (Lipinski definition) is 1. The smallest absolute Gasteiger partial charge is 0.245 e. The third-order valence-electron chi connectivity index (χ3n) is 3.02. The van der Waals surface area contributed by atoms with Crippen LogP contribution in [0.1, 0.15) is 11.3 Å². The maximum atomic E-state index is 13.2. The van der Waals surface area contributed by atoms with Crippen LogP contribution in [0, 0.1) is 12.7 Å². The highest BCUT2D eigenvalue weighted by Gasteiger charge is 2.24. The molecule has 1 heterocycles. The first-order valence-electron chi connectivity index (χ1n) is 5.86. The molecule has 2 N–H and O–H groups in total. The van der Waals surface area contributed by atoms with Gasteiger partial charge in [-0.15, -0.1) is 0 Å². The summed E-state index contributed by atoms with van der Waals surface area (Å²) in [6.45, 7) is 1.87. The third-order valence-corrected chi connectivity index (χ3v) is 4.88. The molecule has 2 rings (SSSR count). The Morgan fingerprint density at radius 1 is 1.35 bits per heavy atom. The van der Waals surface area contributed by atoms with Crippen molar-refractivity contribution in [3.8, 4) is 0 Å². The Bertz CT molecular complexity index is 725. The average molecular weight is 298 g/mol. The van der Waals surface area contributed by atoms with Crippen molar-refractivity contribution in [2.24, 2.45) is 0 Å². The van der Waals surface area contributed by atoms with E-state index in [1.807, 2.05) is 0 Å². The molecule has 1 aromatic carbocycles. The number of halogens is 1. The standard InChI is InChI=1S/C13H15FN2O3S/c1-9-10(5-6-19-9)8-16(2)20(17,18)13-7-11(14)3-4-12(13)15/h3-7H,8,15H2,1-2H3. The number of nitrogens with two attached hydrogens (primary N) is 1. The molecule has 108 valence electrons. The van der Waals surface area contributed by atoms with Gasteiger partial charge < -0.3 is 10.2 Å². The minimum Gasteiger partial charge on any atom is -0.469 e. The molecule has 0 aliphatic carbocycles. The molecule has 0 aliphatic rings. The molecule has 7 heteroatoms. The lowest BCUT2D eigenvalue weighted by atomic mass is 10.3. The Kier molecular flexibility index (Phi) is 3.82. The number of furan rings is 1. The van der Waals surface area contributed by atoms with Gasteiger partial charge in [0, 0.05) is 19.2 Å². The second-order valence-electron chi connectivity index (χ2n) is 4.45. The van der Waals surface area contributed by atoms with Crippen LogP contribution in [-0.4, -0.2) is 19.8 Å². The van der Waals surface area contributed by atoms with Crippen molar-refractivity contribution in [1.82, 2.24) is 4.31 Å². The molecule has 0 aliphatic heterocycles. The lowest BCUT2D eigenvalue weighted by Crippen LogP contribution is -2.27. The van der Waals surface area contributed by atoms with Gasteiger partial charge >= 0.3 is 0 Å². The second kappa shape index (κ2) is 5.26. The predicted octanol–water partition coefficient (Wildman–Crippen LogP) is 2.13. The Labute approximate surface area is 116 Å². The first-order valence-corrected chi connectivity index (χ1v) is 7.30. The van der Waals surface area contributed by atoms with Gasteiger partial charge in [0.05, 0.1) is 12.0 Å². The molecule has 5 nitrogen and oxygen atoms in total. The number of nitrogens with zero attached hydrogens (tertiary/aromatic N) is 1. The molecule has 0 unspecified atom stereocenters. The Morgan fingerprint density at radius 3 is 2.65 bits per heavy atom. The van der Waals surface area contributed by atoms with Crippen LogP contribution in [0.25, 0.3) is 0 Å². The van der Waals surface area contributed by atoms with Gasteiger partial charge in [-0.05, 0) is 31.2 Å². The molecule has 0 amide bonds. The Morgan fingerprint density at radius 2 is 2.05 bits per heavy atom. The quantitative estimate of drug-likeness (QED) is 0.877. The zero-order valence-electron chi connectivity index (χ0n) is 11.1. The molecular weight excluding hydrogens is 283 g/mol.